The van der Waals surface area contributed by atoms with Crippen LogP contribution in [-0.2, 0) is 0 Å². The van der Waals surface area contributed by atoms with Gasteiger partial charge in [0, 0.05) is 0 Å². The Hall–Kier alpha value is -0.223. The summed E-state index contributed by atoms with van der Waals surface area (Å²) in [6.07, 6.45) is 0. The van der Waals surface area contributed by atoms with E-state index in [1.807, 2.05) is 0 Å². The first-order valence-electron chi connectivity index (χ1n) is 8.07. The van der Waals surface area contributed by atoms with Gasteiger partial charge in [0.05, 0.1) is 0 Å². The van der Waals surface area contributed by atoms with Gasteiger partial charge >= 0.3 is 145 Å². The average Bonchev–Trinajstić information content (AvgIpc) is 2.44. The molecule has 0 N–H and O–H groups in total. The normalized spacial score (nSPS) is 13.7. The molecular weight excluding hydrogens is 478 g/mol. The molecule has 22 heavy (non-hydrogen) atoms. The fourth-order valence-corrected chi connectivity index (χ4v) is 28.5. The minimum absolute atomic E-state index is 1.47. The molecular formula is C20H28Sn2. The van der Waals surface area contributed by atoms with Gasteiger partial charge in [-0.15, -0.1) is 0 Å². The van der Waals surface area contributed by atoms with E-state index >= 15 is 0 Å². The van der Waals surface area contributed by atoms with Crippen molar-refractivity contribution in [2.45, 2.75) is 29.6 Å². The van der Waals surface area contributed by atoms with Crippen LogP contribution in [0, 0.1) is 0 Å². The van der Waals surface area contributed by atoms with Crippen molar-refractivity contribution in [3.63, 3.8) is 0 Å². The second-order valence-electron chi connectivity index (χ2n) is 7.98. The predicted octanol–water partition coefficient (Wildman–Crippen LogP) is 6.35. The molecule has 0 saturated heterocycles. The van der Waals surface area contributed by atoms with Crippen molar-refractivity contribution in [2.75, 3.05) is 0 Å². The molecule has 0 fully saturated rings. The van der Waals surface area contributed by atoms with Crippen LogP contribution in [-0.4, -0.2) is 36.8 Å². The summed E-state index contributed by atoms with van der Waals surface area (Å²) in [5.74, 6) is 0. The summed E-state index contributed by atoms with van der Waals surface area (Å²) in [5.41, 5.74) is 2.94. The fourth-order valence-electron chi connectivity index (χ4n) is 3.11. The quantitative estimate of drug-likeness (QED) is 0.335. The summed E-state index contributed by atoms with van der Waals surface area (Å²) >= 11 is -4.53. The monoisotopic (exact) mass is 508 g/mol. The van der Waals surface area contributed by atoms with E-state index in [2.05, 4.69) is 90.3 Å². The van der Waals surface area contributed by atoms with Gasteiger partial charge in [-0.2, -0.15) is 0 Å². The van der Waals surface area contributed by atoms with Crippen LogP contribution in [0.1, 0.15) is 11.1 Å². The Morgan fingerprint density at radius 1 is 0.500 bits per heavy atom. The SMILES string of the molecule is [CH3][Sn]([CH3])([CH3])/[C](=[C](\c1ccccc1)[Sn]([CH3])([CH3])[CH3])c1ccccc1. The third-order valence-electron chi connectivity index (χ3n) is 3.87. The van der Waals surface area contributed by atoms with E-state index in [-0.39, 0.29) is 0 Å². The fraction of sp³-hybridized carbons (Fsp3) is 0.300. The standard InChI is InChI=1S/C14H10.6CH3.2Sn/c1-3-7-13(8-4-1)11-12-14-9-5-2-6-10-14;;;;;;;;/h1-10H;6*1H3;;. The molecule has 0 amide bonds. The van der Waals surface area contributed by atoms with Crippen LogP contribution in [0.15, 0.2) is 60.7 Å². The molecule has 0 aromatic heterocycles. The van der Waals surface area contributed by atoms with Crippen molar-refractivity contribution in [2.24, 2.45) is 0 Å². The van der Waals surface area contributed by atoms with Gasteiger partial charge < -0.3 is 0 Å². The minimum atomic E-state index is -2.26. The van der Waals surface area contributed by atoms with Gasteiger partial charge in [-0.1, -0.05) is 0 Å². The first-order valence-corrected chi connectivity index (χ1v) is 28.1. The Kier molecular flexibility index (Phi) is 5.87. The summed E-state index contributed by atoms with van der Waals surface area (Å²) in [6.45, 7) is 0. The Balaban J connectivity index is 2.84. The molecule has 0 radical (unpaired) electrons. The molecule has 0 unspecified atom stereocenters. The second-order valence-corrected chi connectivity index (χ2v) is 36.5. The van der Waals surface area contributed by atoms with E-state index in [1.54, 1.807) is 7.18 Å². The van der Waals surface area contributed by atoms with Gasteiger partial charge in [0.15, 0.2) is 0 Å². The van der Waals surface area contributed by atoms with E-state index in [4.69, 9.17) is 0 Å². The maximum absolute atomic E-state index is 2.55. The summed E-state index contributed by atoms with van der Waals surface area (Å²) in [5, 5.41) is 0. The molecule has 116 valence electrons. The van der Waals surface area contributed by atoms with Crippen LogP contribution in [0.2, 0.25) is 29.6 Å². The van der Waals surface area contributed by atoms with Crippen molar-refractivity contribution >= 4 is 43.9 Å². The molecule has 0 heterocycles. The Morgan fingerprint density at radius 2 is 0.773 bits per heavy atom. The third-order valence-corrected chi connectivity index (χ3v) is 17.5. The number of hydrogen-bond acceptors (Lipinski definition) is 0. The zero-order valence-corrected chi connectivity index (χ0v) is 20.5. The number of hydrogen-bond donors (Lipinski definition) is 0. The summed E-state index contributed by atoms with van der Waals surface area (Å²) in [7, 11) is 0. The van der Waals surface area contributed by atoms with Crippen LogP contribution >= 0.6 is 0 Å². The molecule has 0 atom stereocenters. The van der Waals surface area contributed by atoms with Crippen LogP contribution in [0.4, 0.5) is 0 Å². The van der Waals surface area contributed by atoms with Crippen LogP contribution < -0.4 is 0 Å². The maximum atomic E-state index is 2.55. The van der Waals surface area contributed by atoms with E-state index in [9.17, 15) is 0 Å². The van der Waals surface area contributed by atoms with E-state index in [0.717, 1.165) is 0 Å². The van der Waals surface area contributed by atoms with E-state index < -0.39 is 36.8 Å². The molecule has 2 aromatic carbocycles. The second kappa shape index (κ2) is 7.12. The number of rotatable bonds is 4. The molecule has 0 saturated carbocycles. The molecule has 2 rings (SSSR count). The Morgan fingerprint density at radius 3 is 1.00 bits per heavy atom. The van der Waals surface area contributed by atoms with Crippen molar-refractivity contribution in [1.82, 2.24) is 0 Å². The average molecular weight is 506 g/mol. The Labute approximate surface area is 144 Å². The predicted molar refractivity (Wildman–Crippen MR) is 106 cm³/mol. The molecule has 0 bridgehead atoms. The van der Waals surface area contributed by atoms with E-state index in [1.165, 1.54) is 11.1 Å². The zero-order valence-electron chi connectivity index (χ0n) is 14.8. The van der Waals surface area contributed by atoms with Gasteiger partial charge in [0.25, 0.3) is 0 Å². The van der Waals surface area contributed by atoms with Crippen molar-refractivity contribution in [3.05, 3.63) is 71.8 Å². The van der Waals surface area contributed by atoms with Crippen molar-refractivity contribution < 1.29 is 0 Å². The first kappa shape index (κ1) is 18.1. The summed E-state index contributed by atoms with van der Waals surface area (Å²) in [6, 6.07) is 22.3. The first-order chi connectivity index (χ1) is 10.2. The summed E-state index contributed by atoms with van der Waals surface area (Å²) < 4.78 is 3.48. The number of benzene rings is 2. The summed E-state index contributed by atoms with van der Waals surface area (Å²) in [4.78, 5) is 15.3. The topological polar surface area (TPSA) is 0 Å². The van der Waals surface area contributed by atoms with Gasteiger partial charge in [-0.05, 0) is 0 Å². The van der Waals surface area contributed by atoms with Crippen molar-refractivity contribution in [1.29, 1.82) is 0 Å². The molecule has 2 aromatic rings. The van der Waals surface area contributed by atoms with Gasteiger partial charge in [0.1, 0.15) is 0 Å². The van der Waals surface area contributed by atoms with Crippen molar-refractivity contribution in [3.8, 4) is 0 Å². The van der Waals surface area contributed by atoms with Gasteiger partial charge in [-0.25, -0.2) is 0 Å². The van der Waals surface area contributed by atoms with Gasteiger partial charge in [-0.3, -0.25) is 0 Å². The molecule has 2 heteroatoms. The van der Waals surface area contributed by atoms with Crippen LogP contribution in [0.5, 0.6) is 0 Å². The molecule has 0 aliphatic rings. The Bertz CT molecular complexity index is 582. The van der Waals surface area contributed by atoms with Crippen LogP contribution in [0.25, 0.3) is 7.18 Å². The zero-order chi connectivity index (χ0) is 16.4. The third kappa shape index (κ3) is 4.41. The van der Waals surface area contributed by atoms with E-state index in [0.29, 0.717) is 0 Å². The molecule has 0 nitrogen and oxygen atoms in total. The molecule has 0 aliphatic carbocycles. The van der Waals surface area contributed by atoms with Gasteiger partial charge in [0.2, 0.25) is 0 Å². The molecule has 0 aliphatic heterocycles. The van der Waals surface area contributed by atoms with Crippen LogP contribution in [0.3, 0.4) is 0 Å². The molecule has 0 spiro atoms.